The molecule has 140 valence electrons. The number of rotatable bonds is 4. The predicted molar refractivity (Wildman–Crippen MR) is 108 cm³/mol. The molecule has 0 aromatic carbocycles. The summed E-state index contributed by atoms with van der Waals surface area (Å²) in [6, 6.07) is 10.0. The number of piperazine rings is 1. The summed E-state index contributed by atoms with van der Waals surface area (Å²) in [7, 11) is 1.81. The monoisotopic (exact) mass is 382 g/mol. The fourth-order valence-electron chi connectivity index (χ4n) is 3.09. The fourth-order valence-corrected chi connectivity index (χ4v) is 3.75. The van der Waals surface area contributed by atoms with Gasteiger partial charge in [0.15, 0.2) is 5.96 Å². The topological polar surface area (TPSA) is 69.8 Å². The summed E-state index contributed by atoms with van der Waals surface area (Å²) in [5.41, 5.74) is 0.867. The lowest BCUT2D eigenvalue weighted by Gasteiger charge is -2.37. The van der Waals surface area contributed by atoms with Crippen LogP contribution in [0.3, 0.4) is 0 Å². The molecule has 4 rings (SSSR count). The number of pyridine rings is 1. The van der Waals surface area contributed by atoms with E-state index in [9.17, 15) is 0 Å². The van der Waals surface area contributed by atoms with Crippen LogP contribution in [0.25, 0.3) is 10.8 Å². The minimum Gasteiger partial charge on any atom is -0.443 e. The maximum atomic E-state index is 5.58. The molecule has 1 saturated heterocycles. The Morgan fingerprint density at radius 1 is 1.22 bits per heavy atom. The van der Waals surface area contributed by atoms with E-state index in [1.165, 1.54) is 0 Å². The lowest BCUT2D eigenvalue weighted by molar-refractivity contribution is 0.371. The Labute approximate surface area is 162 Å². The Morgan fingerprint density at radius 2 is 2.11 bits per heavy atom. The number of oxazole rings is 1. The van der Waals surface area contributed by atoms with Crippen molar-refractivity contribution < 1.29 is 4.42 Å². The Kier molecular flexibility index (Phi) is 5.34. The molecule has 0 amide bonds. The summed E-state index contributed by atoms with van der Waals surface area (Å²) in [5.74, 6) is 2.58. The van der Waals surface area contributed by atoms with E-state index in [1.807, 2.05) is 42.9 Å². The molecule has 0 saturated carbocycles. The van der Waals surface area contributed by atoms with Gasteiger partial charge >= 0.3 is 0 Å². The van der Waals surface area contributed by atoms with E-state index in [-0.39, 0.29) is 0 Å². The molecule has 0 bridgehead atoms. The highest BCUT2D eigenvalue weighted by Crippen LogP contribution is 2.23. The minimum atomic E-state index is 0.585. The molecule has 3 aromatic rings. The average molecular weight is 382 g/mol. The smallest absolute Gasteiger partial charge is 0.236 e. The normalized spacial score (nSPS) is 15.2. The summed E-state index contributed by atoms with van der Waals surface area (Å²) in [5, 5.41) is 5.41. The van der Waals surface area contributed by atoms with Crippen molar-refractivity contribution in [3.63, 3.8) is 0 Å². The van der Waals surface area contributed by atoms with Crippen LogP contribution in [0, 0.1) is 0 Å². The molecule has 4 heterocycles. The highest BCUT2D eigenvalue weighted by molar-refractivity contribution is 7.13. The summed E-state index contributed by atoms with van der Waals surface area (Å²) in [6.07, 6.45) is 3.54. The summed E-state index contributed by atoms with van der Waals surface area (Å²) in [4.78, 5) is 19.0. The second-order valence-electron chi connectivity index (χ2n) is 6.18. The molecule has 3 aromatic heterocycles. The Hall–Kier alpha value is -2.87. The first-order valence-electron chi connectivity index (χ1n) is 8.93. The van der Waals surface area contributed by atoms with Gasteiger partial charge in [0.25, 0.3) is 0 Å². The molecule has 1 aliphatic heterocycles. The van der Waals surface area contributed by atoms with Crippen molar-refractivity contribution in [3.8, 4) is 10.8 Å². The van der Waals surface area contributed by atoms with Gasteiger partial charge in [-0.25, -0.2) is 9.97 Å². The van der Waals surface area contributed by atoms with Gasteiger partial charge in [-0.15, -0.1) is 11.3 Å². The van der Waals surface area contributed by atoms with E-state index >= 15 is 0 Å². The first-order chi connectivity index (χ1) is 13.3. The second kappa shape index (κ2) is 8.22. The number of aromatic nitrogens is 2. The van der Waals surface area contributed by atoms with Crippen LogP contribution in [0.5, 0.6) is 0 Å². The standard InChI is InChI=1S/C19H22N6OS/c1-20-19(22-13-15-14-26-18(23-15)16-5-4-12-27-16)25-10-8-24(9-11-25)17-6-2-3-7-21-17/h2-7,12,14H,8-11,13H2,1H3,(H,20,22). The number of aliphatic imine (C=N–C) groups is 1. The zero-order chi connectivity index (χ0) is 18.5. The highest BCUT2D eigenvalue weighted by atomic mass is 32.1. The van der Waals surface area contributed by atoms with Crippen molar-refractivity contribution in [1.82, 2.24) is 20.2 Å². The zero-order valence-electron chi connectivity index (χ0n) is 15.2. The number of anilines is 1. The maximum Gasteiger partial charge on any atom is 0.236 e. The molecule has 1 aliphatic rings. The van der Waals surface area contributed by atoms with E-state index < -0.39 is 0 Å². The van der Waals surface area contributed by atoms with Crippen molar-refractivity contribution >= 4 is 23.1 Å². The molecule has 7 nitrogen and oxygen atoms in total. The van der Waals surface area contributed by atoms with E-state index in [1.54, 1.807) is 17.6 Å². The maximum absolute atomic E-state index is 5.58. The zero-order valence-corrected chi connectivity index (χ0v) is 16.0. The molecule has 0 unspecified atom stereocenters. The van der Waals surface area contributed by atoms with Crippen molar-refractivity contribution in [1.29, 1.82) is 0 Å². The Bertz CT molecular complexity index is 869. The highest BCUT2D eigenvalue weighted by Gasteiger charge is 2.20. The molecule has 1 fully saturated rings. The second-order valence-corrected chi connectivity index (χ2v) is 7.13. The first kappa shape index (κ1) is 17.5. The Morgan fingerprint density at radius 3 is 2.81 bits per heavy atom. The summed E-state index contributed by atoms with van der Waals surface area (Å²) >= 11 is 1.62. The molecule has 0 spiro atoms. The number of guanidine groups is 1. The predicted octanol–water partition coefficient (Wildman–Crippen LogP) is 2.70. The van der Waals surface area contributed by atoms with E-state index in [0.29, 0.717) is 12.4 Å². The Balaban J connectivity index is 1.31. The largest absolute Gasteiger partial charge is 0.443 e. The number of nitrogens with zero attached hydrogens (tertiary/aromatic N) is 5. The lowest BCUT2D eigenvalue weighted by Crippen LogP contribution is -2.52. The van der Waals surface area contributed by atoms with Gasteiger partial charge in [0, 0.05) is 39.4 Å². The van der Waals surface area contributed by atoms with Gasteiger partial charge in [-0.2, -0.15) is 0 Å². The van der Waals surface area contributed by atoms with Crippen LogP contribution in [0.1, 0.15) is 5.69 Å². The van der Waals surface area contributed by atoms with Crippen LogP contribution in [0.4, 0.5) is 5.82 Å². The average Bonchev–Trinajstić information content (AvgIpc) is 3.41. The van der Waals surface area contributed by atoms with Crippen LogP contribution in [0.15, 0.2) is 57.6 Å². The quantitative estimate of drug-likeness (QED) is 0.553. The third-order valence-electron chi connectivity index (χ3n) is 4.48. The number of thiophene rings is 1. The van der Waals surface area contributed by atoms with Crippen molar-refractivity contribution in [2.45, 2.75) is 6.54 Å². The van der Waals surface area contributed by atoms with Gasteiger partial charge in [0.2, 0.25) is 5.89 Å². The van der Waals surface area contributed by atoms with Crippen LogP contribution in [0.2, 0.25) is 0 Å². The number of hydrogen-bond donors (Lipinski definition) is 1. The first-order valence-corrected chi connectivity index (χ1v) is 9.81. The lowest BCUT2D eigenvalue weighted by atomic mass is 10.3. The van der Waals surface area contributed by atoms with Gasteiger partial charge in [-0.05, 0) is 23.6 Å². The van der Waals surface area contributed by atoms with E-state index in [2.05, 4.69) is 36.1 Å². The molecule has 0 radical (unpaired) electrons. The summed E-state index contributed by atoms with van der Waals surface area (Å²) < 4.78 is 5.58. The van der Waals surface area contributed by atoms with Gasteiger partial charge in [-0.1, -0.05) is 12.1 Å². The van der Waals surface area contributed by atoms with Gasteiger partial charge in [0.1, 0.15) is 12.1 Å². The van der Waals surface area contributed by atoms with Crippen molar-refractivity contribution in [2.75, 3.05) is 38.1 Å². The van der Waals surface area contributed by atoms with Crippen LogP contribution >= 0.6 is 11.3 Å². The van der Waals surface area contributed by atoms with Crippen molar-refractivity contribution in [2.24, 2.45) is 4.99 Å². The van der Waals surface area contributed by atoms with Gasteiger partial charge in [-0.3, -0.25) is 4.99 Å². The van der Waals surface area contributed by atoms with Crippen LogP contribution in [-0.4, -0.2) is 54.1 Å². The molecule has 27 heavy (non-hydrogen) atoms. The van der Waals surface area contributed by atoms with Gasteiger partial charge < -0.3 is 19.5 Å². The summed E-state index contributed by atoms with van der Waals surface area (Å²) in [6.45, 7) is 4.22. The SMILES string of the molecule is CN=C(NCc1coc(-c2cccs2)n1)N1CCN(c2ccccn2)CC1. The van der Waals surface area contributed by atoms with Crippen LogP contribution in [-0.2, 0) is 6.54 Å². The molecular weight excluding hydrogens is 360 g/mol. The van der Waals surface area contributed by atoms with Crippen molar-refractivity contribution in [3.05, 3.63) is 53.9 Å². The molecule has 0 atom stereocenters. The van der Waals surface area contributed by atoms with E-state index in [4.69, 9.17) is 4.42 Å². The van der Waals surface area contributed by atoms with Gasteiger partial charge in [0.05, 0.1) is 17.1 Å². The molecule has 1 N–H and O–H groups in total. The number of nitrogens with one attached hydrogen (secondary N) is 1. The molecular formula is C19H22N6OS. The fraction of sp³-hybridized carbons (Fsp3) is 0.316. The third kappa shape index (κ3) is 4.11. The van der Waals surface area contributed by atoms with Crippen LogP contribution < -0.4 is 10.2 Å². The minimum absolute atomic E-state index is 0.585. The molecule has 0 aliphatic carbocycles. The third-order valence-corrected chi connectivity index (χ3v) is 5.33. The number of hydrogen-bond acceptors (Lipinski definition) is 6. The molecule has 8 heteroatoms. The van der Waals surface area contributed by atoms with E-state index in [0.717, 1.165) is 48.5 Å².